The van der Waals surface area contributed by atoms with E-state index in [4.69, 9.17) is 4.74 Å². The lowest BCUT2D eigenvalue weighted by Crippen LogP contribution is -2.61. The molecule has 4 aliphatic carbocycles. The molecule has 2 N–H and O–H groups in total. The molecule has 4 saturated carbocycles. The molecule has 0 unspecified atom stereocenters. The van der Waals surface area contributed by atoms with Crippen LogP contribution in [0.3, 0.4) is 0 Å². The Hall–Kier alpha value is -1.10. The monoisotopic (exact) mass is 307 g/mol. The van der Waals surface area contributed by atoms with Gasteiger partial charge in [-0.05, 0) is 55.8 Å². The molecule has 5 fully saturated rings. The number of amides is 1. The van der Waals surface area contributed by atoms with Crippen molar-refractivity contribution in [2.24, 2.45) is 29.6 Å². The lowest BCUT2D eigenvalue weighted by molar-refractivity contribution is -0.156. The molecule has 0 atom stereocenters. The van der Waals surface area contributed by atoms with Gasteiger partial charge in [0.15, 0.2) is 0 Å². The van der Waals surface area contributed by atoms with E-state index in [2.05, 4.69) is 5.32 Å². The molecule has 22 heavy (non-hydrogen) atoms. The maximum atomic E-state index is 12.9. The summed E-state index contributed by atoms with van der Waals surface area (Å²) in [6.07, 6.45) is 6.81. The predicted octanol–water partition coefficient (Wildman–Crippen LogP) is 1.81. The Morgan fingerprint density at radius 1 is 0.955 bits per heavy atom. The minimum atomic E-state index is -1.11. The number of hydrogen-bond donors (Lipinski definition) is 2. The summed E-state index contributed by atoms with van der Waals surface area (Å²) in [6, 6.07) is 0. The average molecular weight is 307 g/mol. The minimum Gasteiger partial charge on any atom is -0.480 e. The largest absolute Gasteiger partial charge is 0.480 e. The van der Waals surface area contributed by atoms with Gasteiger partial charge in [0.1, 0.15) is 5.54 Å². The van der Waals surface area contributed by atoms with E-state index < -0.39 is 11.5 Å². The highest BCUT2D eigenvalue weighted by molar-refractivity contribution is 5.88. The molecule has 0 aromatic heterocycles. The Labute approximate surface area is 130 Å². The summed E-state index contributed by atoms with van der Waals surface area (Å²) in [5.74, 6) is 1.76. The van der Waals surface area contributed by atoms with Crippen molar-refractivity contribution >= 4 is 11.9 Å². The van der Waals surface area contributed by atoms with Crippen LogP contribution in [0.4, 0.5) is 0 Å². The molecule has 5 heteroatoms. The Kier molecular flexibility index (Phi) is 3.44. The van der Waals surface area contributed by atoms with E-state index in [9.17, 15) is 14.7 Å². The van der Waals surface area contributed by atoms with Crippen LogP contribution in [0, 0.1) is 29.6 Å². The molecule has 122 valence electrons. The number of carbonyl (C=O) groups is 2. The first-order valence-corrected chi connectivity index (χ1v) is 8.70. The molecule has 5 rings (SSSR count). The zero-order valence-electron chi connectivity index (χ0n) is 12.9. The Morgan fingerprint density at radius 3 is 2.00 bits per heavy atom. The van der Waals surface area contributed by atoms with Gasteiger partial charge in [0.2, 0.25) is 5.91 Å². The predicted molar refractivity (Wildman–Crippen MR) is 79.1 cm³/mol. The zero-order chi connectivity index (χ0) is 15.3. The van der Waals surface area contributed by atoms with Crippen LogP contribution in [0.5, 0.6) is 0 Å². The fourth-order valence-electron chi connectivity index (χ4n) is 5.78. The number of ether oxygens (including phenoxy) is 1. The number of carboxylic acid groups (broad SMARTS) is 1. The number of aliphatic carboxylic acids is 1. The molecule has 0 aromatic carbocycles. The van der Waals surface area contributed by atoms with Crippen molar-refractivity contribution in [1.29, 1.82) is 0 Å². The van der Waals surface area contributed by atoms with Crippen molar-refractivity contribution in [3.63, 3.8) is 0 Å². The van der Waals surface area contributed by atoms with Crippen LogP contribution in [0.15, 0.2) is 0 Å². The summed E-state index contributed by atoms with van der Waals surface area (Å²) < 4.78 is 5.28. The van der Waals surface area contributed by atoms with E-state index in [1.165, 1.54) is 32.1 Å². The quantitative estimate of drug-likeness (QED) is 0.834. The molecule has 1 amide bonds. The Morgan fingerprint density at radius 2 is 1.50 bits per heavy atom. The zero-order valence-corrected chi connectivity index (χ0v) is 12.9. The van der Waals surface area contributed by atoms with E-state index >= 15 is 0 Å². The summed E-state index contributed by atoms with van der Waals surface area (Å²) in [6.45, 7) is 0.822. The molecule has 1 aliphatic heterocycles. The minimum absolute atomic E-state index is 0.00176. The third-order valence-corrected chi connectivity index (χ3v) is 6.65. The summed E-state index contributed by atoms with van der Waals surface area (Å²) in [5.41, 5.74) is -1.11. The van der Waals surface area contributed by atoms with Crippen LogP contribution in [-0.2, 0) is 14.3 Å². The Bertz CT molecular complexity index is 455. The first-order chi connectivity index (χ1) is 10.6. The van der Waals surface area contributed by atoms with Crippen molar-refractivity contribution in [2.75, 3.05) is 13.2 Å². The molecular formula is C17H25NO4. The molecule has 5 nitrogen and oxygen atoms in total. The molecule has 4 bridgehead atoms. The smallest absolute Gasteiger partial charge is 0.329 e. The second-order valence-corrected chi connectivity index (χ2v) is 7.95. The number of rotatable bonds is 3. The lowest BCUT2D eigenvalue weighted by Gasteiger charge is -2.54. The van der Waals surface area contributed by atoms with Crippen LogP contribution < -0.4 is 5.32 Å². The van der Waals surface area contributed by atoms with E-state index in [0.29, 0.717) is 37.9 Å². The normalized spacial score (nSPS) is 42.1. The second-order valence-electron chi connectivity index (χ2n) is 7.95. The van der Waals surface area contributed by atoms with Gasteiger partial charge < -0.3 is 15.2 Å². The van der Waals surface area contributed by atoms with Gasteiger partial charge in [-0.3, -0.25) is 4.79 Å². The van der Waals surface area contributed by atoms with Gasteiger partial charge in [0.05, 0.1) is 0 Å². The van der Waals surface area contributed by atoms with Crippen molar-refractivity contribution < 1.29 is 19.4 Å². The van der Waals surface area contributed by atoms with E-state index in [-0.39, 0.29) is 11.8 Å². The average Bonchev–Trinajstić information content (AvgIpc) is 2.46. The molecule has 1 heterocycles. The topological polar surface area (TPSA) is 75.6 Å². The van der Waals surface area contributed by atoms with Crippen LogP contribution in [0.25, 0.3) is 0 Å². The fourth-order valence-corrected chi connectivity index (χ4v) is 5.78. The highest BCUT2D eigenvalue weighted by atomic mass is 16.5. The van der Waals surface area contributed by atoms with E-state index in [1.807, 2.05) is 0 Å². The van der Waals surface area contributed by atoms with Crippen LogP contribution in [0.1, 0.15) is 44.9 Å². The van der Waals surface area contributed by atoms with Crippen LogP contribution in [0.2, 0.25) is 0 Å². The summed E-state index contributed by atoms with van der Waals surface area (Å²) in [4.78, 5) is 24.6. The van der Waals surface area contributed by atoms with Crippen molar-refractivity contribution in [2.45, 2.75) is 50.5 Å². The van der Waals surface area contributed by atoms with Gasteiger partial charge >= 0.3 is 5.97 Å². The van der Waals surface area contributed by atoms with Crippen molar-refractivity contribution in [3.8, 4) is 0 Å². The van der Waals surface area contributed by atoms with Crippen LogP contribution in [-0.4, -0.2) is 35.7 Å². The second kappa shape index (κ2) is 5.22. The van der Waals surface area contributed by atoms with Crippen molar-refractivity contribution in [3.05, 3.63) is 0 Å². The standard InChI is InChI=1S/C17H25NO4/c19-15(18-17(16(20)21)1-3-22-4-2-17)14-12-6-10-5-11(8-12)9-13(14)7-10/h10-14H,1-9H2,(H,18,19)(H,20,21). The first kappa shape index (κ1) is 14.5. The third kappa shape index (κ3) is 2.25. The highest BCUT2D eigenvalue weighted by Crippen LogP contribution is 2.56. The maximum absolute atomic E-state index is 12.9. The van der Waals surface area contributed by atoms with Gasteiger partial charge in [-0.15, -0.1) is 0 Å². The first-order valence-electron chi connectivity index (χ1n) is 8.70. The van der Waals surface area contributed by atoms with Gasteiger partial charge in [-0.25, -0.2) is 4.79 Å². The van der Waals surface area contributed by atoms with Crippen LogP contribution >= 0.6 is 0 Å². The maximum Gasteiger partial charge on any atom is 0.329 e. The molecule has 5 aliphatic rings. The van der Waals surface area contributed by atoms with Gasteiger partial charge in [0, 0.05) is 32.0 Å². The van der Waals surface area contributed by atoms with E-state index in [1.54, 1.807) is 0 Å². The molecule has 0 aromatic rings. The number of carbonyl (C=O) groups excluding carboxylic acids is 1. The summed E-state index contributed by atoms with van der Waals surface area (Å²) in [5, 5.41) is 12.6. The lowest BCUT2D eigenvalue weighted by atomic mass is 9.51. The van der Waals surface area contributed by atoms with Gasteiger partial charge in [-0.2, -0.15) is 0 Å². The van der Waals surface area contributed by atoms with Crippen molar-refractivity contribution in [1.82, 2.24) is 5.32 Å². The number of hydrogen-bond acceptors (Lipinski definition) is 3. The summed E-state index contributed by atoms with van der Waals surface area (Å²) in [7, 11) is 0. The number of nitrogens with one attached hydrogen (secondary N) is 1. The summed E-state index contributed by atoms with van der Waals surface area (Å²) >= 11 is 0. The highest BCUT2D eigenvalue weighted by Gasteiger charge is 2.52. The Balaban J connectivity index is 1.50. The van der Waals surface area contributed by atoms with Gasteiger partial charge in [-0.1, -0.05) is 0 Å². The molecule has 0 spiro atoms. The third-order valence-electron chi connectivity index (χ3n) is 6.65. The van der Waals surface area contributed by atoms with E-state index in [0.717, 1.165) is 11.8 Å². The molecular weight excluding hydrogens is 282 g/mol. The fraction of sp³-hybridized carbons (Fsp3) is 0.882. The number of carboxylic acids is 1. The SMILES string of the molecule is O=C(NC1(C(=O)O)CCOCC1)C1C2CC3CC(C2)CC1C3. The van der Waals surface area contributed by atoms with Gasteiger partial charge in [0.25, 0.3) is 0 Å². The molecule has 1 saturated heterocycles. The molecule has 0 radical (unpaired) electrons.